The number of nitrogens with one attached hydrogen (secondary N) is 2. The second kappa shape index (κ2) is 9.06. The predicted molar refractivity (Wildman–Crippen MR) is 99.6 cm³/mol. The molecule has 1 fully saturated rings. The van der Waals surface area contributed by atoms with Crippen LogP contribution in [0.15, 0.2) is 24.3 Å². The quantitative estimate of drug-likeness (QED) is 0.810. The Hall–Kier alpha value is -1.79. The summed E-state index contributed by atoms with van der Waals surface area (Å²) in [6.45, 7) is 6.32. The fourth-order valence-electron chi connectivity index (χ4n) is 3.13. The van der Waals surface area contributed by atoms with E-state index in [1.54, 1.807) is 4.90 Å². The van der Waals surface area contributed by atoms with Gasteiger partial charge in [-0.2, -0.15) is 0 Å². The zero-order chi connectivity index (χ0) is 18.4. The lowest BCUT2D eigenvalue weighted by atomic mass is 10.1. The number of carbonyl (C=O) groups is 2. The number of carbonyl (C=O) groups excluding carboxylic acids is 2. The average Bonchev–Trinajstić information content (AvgIpc) is 2.95. The van der Waals surface area contributed by atoms with Gasteiger partial charge in [-0.25, -0.2) is 4.79 Å². The predicted octanol–water partition coefficient (Wildman–Crippen LogP) is 2.08. The molecule has 2 N–H and O–H groups in total. The maximum atomic E-state index is 12.5. The Morgan fingerprint density at radius 3 is 2.60 bits per heavy atom. The lowest BCUT2D eigenvalue weighted by Crippen LogP contribution is -2.45. The van der Waals surface area contributed by atoms with E-state index >= 15 is 0 Å². The van der Waals surface area contributed by atoms with Crippen LogP contribution in [0.5, 0.6) is 0 Å². The number of nitrogens with zero attached hydrogens (tertiary/aromatic N) is 2. The van der Waals surface area contributed by atoms with E-state index in [4.69, 9.17) is 11.6 Å². The van der Waals surface area contributed by atoms with Crippen molar-refractivity contribution in [1.29, 1.82) is 0 Å². The second-order valence-corrected chi connectivity index (χ2v) is 6.73. The number of benzene rings is 1. The van der Waals surface area contributed by atoms with Crippen LogP contribution in [0.25, 0.3) is 0 Å². The van der Waals surface area contributed by atoms with Crippen molar-refractivity contribution in [3.8, 4) is 0 Å². The number of rotatable bonds is 6. The first-order valence-corrected chi connectivity index (χ1v) is 9.10. The third kappa shape index (κ3) is 5.09. The monoisotopic (exact) mass is 366 g/mol. The summed E-state index contributed by atoms with van der Waals surface area (Å²) in [6.07, 6.45) is 0.609. The lowest BCUT2D eigenvalue weighted by molar-refractivity contribution is -0.125. The molecule has 7 heteroatoms. The SMILES string of the molecule is CCN(CC)C(=O)N[C@H]1C[C@@H](C(=O)NCc2ccccc2Cl)N(C)C1. The molecule has 1 aromatic carbocycles. The van der Waals surface area contributed by atoms with E-state index in [1.807, 2.05) is 50.1 Å². The molecule has 6 nitrogen and oxygen atoms in total. The number of likely N-dealkylation sites (tertiary alicyclic amines) is 1. The average molecular weight is 367 g/mol. The number of hydrogen-bond donors (Lipinski definition) is 2. The molecule has 0 unspecified atom stereocenters. The van der Waals surface area contributed by atoms with Gasteiger partial charge in [0.05, 0.1) is 6.04 Å². The van der Waals surface area contributed by atoms with Gasteiger partial charge in [0.2, 0.25) is 5.91 Å². The van der Waals surface area contributed by atoms with Crippen LogP contribution in [0.3, 0.4) is 0 Å². The van der Waals surface area contributed by atoms with Crippen LogP contribution < -0.4 is 10.6 Å². The highest BCUT2D eigenvalue weighted by molar-refractivity contribution is 6.31. The molecular weight excluding hydrogens is 340 g/mol. The number of amides is 3. The third-order valence-electron chi connectivity index (χ3n) is 4.64. The van der Waals surface area contributed by atoms with E-state index in [2.05, 4.69) is 10.6 Å². The smallest absolute Gasteiger partial charge is 0.317 e. The first-order valence-electron chi connectivity index (χ1n) is 8.73. The summed E-state index contributed by atoms with van der Waals surface area (Å²) >= 11 is 6.12. The van der Waals surface area contributed by atoms with Crippen molar-refractivity contribution in [2.24, 2.45) is 0 Å². The number of hydrogen-bond acceptors (Lipinski definition) is 3. The maximum absolute atomic E-state index is 12.5. The minimum Gasteiger partial charge on any atom is -0.351 e. The summed E-state index contributed by atoms with van der Waals surface area (Å²) < 4.78 is 0. The number of urea groups is 1. The van der Waals surface area contributed by atoms with E-state index in [-0.39, 0.29) is 24.0 Å². The molecule has 1 heterocycles. The first kappa shape index (κ1) is 19.5. The zero-order valence-corrected chi connectivity index (χ0v) is 15.8. The normalized spacial score (nSPS) is 20.3. The summed E-state index contributed by atoms with van der Waals surface area (Å²) in [5.41, 5.74) is 0.893. The molecule has 1 aliphatic rings. The molecule has 0 aliphatic carbocycles. The summed E-state index contributed by atoms with van der Waals surface area (Å²) in [7, 11) is 1.91. The van der Waals surface area contributed by atoms with Crippen LogP contribution in [-0.2, 0) is 11.3 Å². The highest BCUT2D eigenvalue weighted by Crippen LogP contribution is 2.18. The molecule has 138 valence electrons. The van der Waals surface area contributed by atoms with E-state index in [0.29, 0.717) is 37.6 Å². The summed E-state index contributed by atoms with van der Waals surface area (Å²) in [4.78, 5) is 28.4. The molecule has 0 radical (unpaired) electrons. The largest absolute Gasteiger partial charge is 0.351 e. The lowest BCUT2D eigenvalue weighted by Gasteiger charge is -2.22. The van der Waals surface area contributed by atoms with Crippen LogP contribution in [0.4, 0.5) is 4.79 Å². The number of likely N-dealkylation sites (N-methyl/N-ethyl adjacent to an activating group) is 1. The molecule has 2 atom stereocenters. The van der Waals surface area contributed by atoms with Crippen LogP contribution in [-0.4, -0.2) is 60.5 Å². The van der Waals surface area contributed by atoms with Crippen molar-refractivity contribution in [2.75, 3.05) is 26.7 Å². The van der Waals surface area contributed by atoms with E-state index in [1.165, 1.54) is 0 Å². The molecule has 0 spiro atoms. The van der Waals surface area contributed by atoms with E-state index in [9.17, 15) is 9.59 Å². The molecule has 1 aromatic rings. The van der Waals surface area contributed by atoms with Crippen LogP contribution >= 0.6 is 11.6 Å². The van der Waals surface area contributed by atoms with Gasteiger partial charge in [0.25, 0.3) is 0 Å². The van der Waals surface area contributed by atoms with Crippen LogP contribution in [0.1, 0.15) is 25.8 Å². The molecule has 0 aromatic heterocycles. The molecule has 2 rings (SSSR count). The van der Waals surface area contributed by atoms with Crippen molar-refractivity contribution in [3.05, 3.63) is 34.9 Å². The van der Waals surface area contributed by atoms with Gasteiger partial charge in [0, 0.05) is 37.2 Å². The Morgan fingerprint density at radius 1 is 1.28 bits per heavy atom. The molecular formula is C18H27ClN4O2. The van der Waals surface area contributed by atoms with Gasteiger partial charge in [0.15, 0.2) is 0 Å². The first-order chi connectivity index (χ1) is 12.0. The van der Waals surface area contributed by atoms with Crippen molar-refractivity contribution >= 4 is 23.5 Å². The van der Waals surface area contributed by atoms with Crippen LogP contribution in [0.2, 0.25) is 5.02 Å². The summed E-state index contributed by atoms with van der Waals surface area (Å²) in [6, 6.07) is 7.13. The molecule has 0 bridgehead atoms. The Kier molecular flexibility index (Phi) is 7.08. The maximum Gasteiger partial charge on any atom is 0.317 e. The second-order valence-electron chi connectivity index (χ2n) is 6.32. The zero-order valence-electron chi connectivity index (χ0n) is 15.1. The Balaban J connectivity index is 1.87. The molecule has 1 aliphatic heterocycles. The minimum atomic E-state index is -0.246. The fourth-order valence-corrected chi connectivity index (χ4v) is 3.33. The Labute approximate surface area is 154 Å². The Morgan fingerprint density at radius 2 is 1.96 bits per heavy atom. The van der Waals surface area contributed by atoms with Gasteiger partial charge in [-0.15, -0.1) is 0 Å². The van der Waals surface area contributed by atoms with Crippen molar-refractivity contribution in [2.45, 2.75) is 38.9 Å². The van der Waals surface area contributed by atoms with Gasteiger partial charge in [0.1, 0.15) is 0 Å². The third-order valence-corrected chi connectivity index (χ3v) is 5.01. The highest BCUT2D eigenvalue weighted by atomic mass is 35.5. The van der Waals surface area contributed by atoms with Gasteiger partial charge in [-0.1, -0.05) is 29.8 Å². The topological polar surface area (TPSA) is 64.7 Å². The van der Waals surface area contributed by atoms with Crippen LogP contribution in [0, 0.1) is 0 Å². The van der Waals surface area contributed by atoms with Crippen molar-refractivity contribution in [3.63, 3.8) is 0 Å². The minimum absolute atomic E-state index is 0.0193. The molecule has 3 amide bonds. The fraction of sp³-hybridized carbons (Fsp3) is 0.556. The van der Waals surface area contributed by atoms with Crippen molar-refractivity contribution in [1.82, 2.24) is 20.4 Å². The Bertz CT molecular complexity index is 606. The van der Waals surface area contributed by atoms with E-state index in [0.717, 1.165) is 5.56 Å². The van der Waals surface area contributed by atoms with E-state index < -0.39 is 0 Å². The van der Waals surface area contributed by atoms with Crippen molar-refractivity contribution < 1.29 is 9.59 Å². The number of halogens is 1. The molecule has 25 heavy (non-hydrogen) atoms. The molecule has 0 saturated carbocycles. The van der Waals surface area contributed by atoms with Gasteiger partial charge in [-0.3, -0.25) is 9.69 Å². The summed E-state index contributed by atoms with van der Waals surface area (Å²) in [5, 5.41) is 6.61. The standard InChI is InChI=1S/C18H27ClN4O2/c1-4-23(5-2)18(25)21-14-10-16(22(3)12-14)17(24)20-11-13-8-6-7-9-15(13)19/h6-9,14,16H,4-5,10-12H2,1-3H3,(H,20,24)(H,21,25)/t14-,16-/m0/s1. The van der Waals surface area contributed by atoms with Gasteiger partial charge < -0.3 is 15.5 Å². The van der Waals surface area contributed by atoms with Gasteiger partial charge in [-0.05, 0) is 38.9 Å². The molecule has 1 saturated heterocycles. The highest BCUT2D eigenvalue weighted by Gasteiger charge is 2.35. The van der Waals surface area contributed by atoms with Gasteiger partial charge >= 0.3 is 6.03 Å². The summed E-state index contributed by atoms with van der Waals surface area (Å²) in [5.74, 6) is -0.0398.